The van der Waals surface area contributed by atoms with Crippen LogP contribution in [0.15, 0.2) is 114 Å². The van der Waals surface area contributed by atoms with E-state index in [1.165, 1.54) is 48.4 Å². The molecule has 15 heteroatoms. The summed E-state index contributed by atoms with van der Waals surface area (Å²) in [5.74, 6) is 0.270. The number of sulfonamides is 1. The first-order valence-corrected chi connectivity index (χ1v) is 23.1. The van der Waals surface area contributed by atoms with Crippen LogP contribution in [0.1, 0.15) is 72.0 Å². The zero-order valence-electron chi connectivity index (χ0n) is 35.2. The van der Waals surface area contributed by atoms with Gasteiger partial charge in [0.05, 0.1) is 27.6 Å². The van der Waals surface area contributed by atoms with Gasteiger partial charge in [-0.1, -0.05) is 42.5 Å². The highest BCUT2D eigenvalue weighted by atomic mass is 32.2. The molecule has 326 valence electrons. The summed E-state index contributed by atoms with van der Waals surface area (Å²) >= 11 is 0. The third-order valence-electron chi connectivity index (χ3n) is 12.7. The first-order valence-electron chi connectivity index (χ1n) is 21.7. The number of carbonyl (C=O) groups is 1. The normalized spacial score (nSPS) is 18.7. The van der Waals surface area contributed by atoms with E-state index in [-0.39, 0.29) is 29.0 Å². The maximum atomic E-state index is 14.0. The average molecular weight is 870 g/mol. The van der Waals surface area contributed by atoms with Crippen molar-refractivity contribution in [1.82, 2.24) is 19.6 Å². The van der Waals surface area contributed by atoms with Gasteiger partial charge in [-0.3, -0.25) is 14.9 Å². The number of benzene rings is 4. The Morgan fingerprint density at radius 2 is 1.70 bits per heavy atom. The number of anilines is 2. The zero-order chi connectivity index (χ0) is 43.5. The van der Waals surface area contributed by atoms with Crippen LogP contribution in [0.3, 0.4) is 0 Å². The van der Waals surface area contributed by atoms with Crippen LogP contribution >= 0.6 is 0 Å². The molecule has 3 fully saturated rings. The Morgan fingerprint density at radius 1 is 0.921 bits per heavy atom. The number of pyridine rings is 1. The van der Waals surface area contributed by atoms with Gasteiger partial charge in [0, 0.05) is 56.2 Å². The first-order chi connectivity index (χ1) is 30.6. The zero-order valence-corrected chi connectivity index (χ0v) is 36.0. The van der Waals surface area contributed by atoms with E-state index >= 15 is 0 Å². The van der Waals surface area contributed by atoms with Crippen LogP contribution in [-0.4, -0.2) is 80.6 Å². The quantitative estimate of drug-likeness (QED) is 0.0747. The highest BCUT2D eigenvalue weighted by Crippen LogP contribution is 2.42. The molecule has 0 bridgehead atoms. The van der Waals surface area contributed by atoms with Crippen molar-refractivity contribution < 1.29 is 27.6 Å². The highest BCUT2D eigenvalue weighted by molar-refractivity contribution is 7.90. The van der Waals surface area contributed by atoms with Gasteiger partial charge in [0.2, 0.25) is 0 Å². The van der Waals surface area contributed by atoms with Crippen LogP contribution < -0.4 is 19.7 Å². The van der Waals surface area contributed by atoms with Crippen molar-refractivity contribution >= 4 is 44.0 Å². The topological polar surface area (TPSA) is 172 Å². The molecule has 4 aromatic carbocycles. The monoisotopic (exact) mass is 869 g/mol. The summed E-state index contributed by atoms with van der Waals surface area (Å²) in [5, 5.41) is 16.0. The highest BCUT2D eigenvalue weighted by Gasteiger charge is 2.31. The molecular weight excluding hydrogens is 819 g/mol. The lowest BCUT2D eigenvalue weighted by Gasteiger charge is -2.34. The Morgan fingerprint density at radius 3 is 2.49 bits per heavy atom. The third-order valence-corrected chi connectivity index (χ3v) is 14.0. The number of ether oxygens (including phenoxy) is 2. The van der Waals surface area contributed by atoms with E-state index in [0.29, 0.717) is 37.1 Å². The summed E-state index contributed by atoms with van der Waals surface area (Å²) in [5.41, 5.74) is 6.00. The number of carbonyl (C=O) groups excluding carboxylic acids is 1. The van der Waals surface area contributed by atoms with Crippen molar-refractivity contribution in [2.24, 2.45) is 5.92 Å². The summed E-state index contributed by atoms with van der Waals surface area (Å²) in [6.45, 7) is 4.91. The van der Waals surface area contributed by atoms with Gasteiger partial charge in [0.15, 0.2) is 0 Å². The van der Waals surface area contributed by atoms with Crippen molar-refractivity contribution in [3.8, 4) is 22.6 Å². The molecule has 6 aromatic rings. The third kappa shape index (κ3) is 9.26. The Labute approximate surface area is 366 Å². The van der Waals surface area contributed by atoms with E-state index in [4.69, 9.17) is 9.47 Å². The molecule has 2 aromatic heterocycles. The summed E-state index contributed by atoms with van der Waals surface area (Å²) in [6, 6.07) is 29.8. The van der Waals surface area contributed by atoms with Gasteiger partial charge in [0.1, 0.15) is 22.8 Å². The second-order valence-electron chi connectivity index (χ2n) is 16.8. The maximum Gasteiger partial charge on any atom is 0.293 e. The second kappa shape index (κ2) is 18.2. The van der Waals surface area contributed by atoms with Gasteiger partial charge in [0.25, 0.3) is 21.6 Å². The van der Waals surface area contributed by atoms with Gasteiger partial charge < -0.3 is 29.6 Å². The number of aromatic nitrogens is 2. The van der Waals surface area contributed by atoms with Crippen LogP contribution in [0.4, 0.5) is 17.1 Å². The lowest BCUT2D eigenvalue weighted by Crippen LogP contribution is -2.32. The molecule has 9 rings (SSSR count). The van der Waals surface area contributed by atoms with E-state index in [9.17, 15) is 23.3 Å². The number of hydrogen-bond donors (Lipinski definition) is 3. The number of likely N-dealkylation sites (tertiary alicyclic amines) is 1. The molecule has 3 saturated heterocycles. The van der Waals surface area contributed by atoms with Crippen LogP contribution in [0, 0.1) is 16.0 Å². The van der Waals surface area contributed by atoms with Gasteiger partial charge in [-0.2, -0.15) is 0 Å². The van der Waals surface area contributed by atoms with Crippen LogP contribution in [0.5, 0.6) is 11.5 Å². The molecule has 2 atom stereocenters. The maximum absolute atomic E-state index is 14.0. The number of hydrogen-bond acceptors (Lipinski definition) is 11. The van der Waals surface area contributed by atoms with E-state index in [2.05, 4.69) is 85.4 Å². The number of nitrogens with zero attached hydrogens (tertiary/aromatic N) is 4. The van der Waals surface area contributed by atoms with Crippen molar-refractivity contribution in [2.75, 3.05) is 56.7 Å². The number of rotatable bonds is 13. The predicted octanol–water partition coefficient (Wildman–Crippen LogP) is 9.04. The molecule has 2 unspecified atom stereocenters. The van der Waals surface area contributed by atoms with Gasteiger partial charge in [-0.05, 0) is 135 Å². The van der Waals surface area contributed by atoms with Crippen LogP contribution in [0.25, 0.3) is 22.2 Å². The number of nitro benzene ring substituents is 1. The number of amides is 1. The van der Waals surface area contributed by atoms with E-state index in [0.717, 1.165) is 73.6 Å². The molecule has 5 heterocycles. The lowest BCUT2D eigenvalue weighted by atomic mass is 9.85. The van der Waals surface area contributed by atoms with Crippen molar-refractivity contribution in [2.45, 2.75) is 55.4 Å². The standard InChI is InChI=1S/C48H51N7O7S/c1-53-22-4-6-36(31-53)40-7-2-3-8-41(40)44-9-5-23-54(44)37-13-10-33(11-14-37)34-12-16-42(46(27-34)62-38-26-35-18-21-49-47(35)51-30-38)48(56)52-63(59,60)39-15-17-43(45(28-39)55(57)58)50-29-32-19-24-61-25-20-32/h2-3,7-8,10-18,21,26-28,30,32,36,44,50H,4-6,9,19-20,22-25,29,31H2,1H3,(H,49,51)(H,52,56). The van der Waals surface area contributed by atoms with Crippen LogP contribution in [-0.2, 0) is 14.8 Å². The Balaban J connectivity index is 0.974. The Bertz CT molecular complexity index is 2740. The molecule has 63 heavy (non-hydrogen) atoms. The smallest absolute Gasteiger partial charge is 0.293 e. The minimum Gasteiger partial charge on any atom is -0.455 e. The minimum atomic E-state index is -4.57. The van der Waals surface area contributed by atoms with Gasteiger partial charge >= 0.3 is 0 Å². The number of H-pyrrole nitrogens is 1. The van der Waals surface area contributed by atoms with E-state index in [1.807, 2.05) is 6.07 Å². The molecular formula is C48H51N7O7S. The number of nitro groups is 1. The fraction of sp³-hybridized carbons (Fsp3) is 0.333. The van der Waals surface area contributed by atoms with E-state index in [1.54, 1.807) is 24.4 Å². The average Bonchev–Trinajstić information content (AvgIpc) is 3.99. The number of piperidine rings is 1. The number of aromatic amines is 1. The molecule has 3 aliphatic rings. The summed E-state index contributed by atoms with van der Waals surface area (Å²) < 4.78 is 41.2. The number of nitrogens with one attached hydrogen (secondary N) is 3. The fourth-order valence-electron chi connectivity index (χ4n) is 9.35. The Hall–Kier alpha value is -6.29. The SMILES string of the molecule is CN1CCCC(c2ccccc2C2CCCN2c2ccc(-c3ccc(C(=O)NS(=O)(=O)c4ccc(NCC5CCOCC5)c([N+](=O)[O-])c4)c(Oc4cnc5[nH]ccc5c4)c3)cc2)C1. The summed E-state index contributed by atoms with van der Waals surface area (Å²) in [4.78, 5) is 37.4. The molecule has 1 amide bonds. The van der Waals surface area contributed by atoms with Crippen molar-refractivity contribution in [3.63, 3.8) is 0 Å². The largest absolute Gasteiger partial charge is 0.455 e. The molecule has 3 aliphatic heterocycles. The molecule has 14 nitrogen and oxygen atoms in total. The Kier molecular flexibility index (Phi) is 12.1. The molecule has 0 saturated carbocycles. The molecule has 0 aliphatic carbocycles. The van der Waals surface area contributed by atoms with Crippen molar-refractivity contribution in [3.05, 3.63) is 136 Å². The fourth-order valence-corrected chi connectivity index (χ4v) is 10.3. The second-order valence-corrected chi connectivity index (χ2v) is 18.5. The summed E-state index contributed by atoms with van der Waals surface area (Å²) in [6.07, 6.45) is 9.52. The van der Waals surface area contributed by atoms with Crippen LogP contribution in [0.2, 0.25) is 0 Å². The molecule has 0 spiro atoms. The number of fused-ring (bicyclic) bond motifs is 1. The predicted molar refractivity (Wildman–Crippen MR) is 243 cm³/mol. The lowest BCUT2D eigenvalue weighted by molar-refractivity contribution is -0.384. The van der Waals surface area contributed by atoms with Gasteiger partial charge in [-0.15, -0.1) is 0 Å². The number of likely N-dealkylation sites (N-methyl/N-ethyl adjacent to an activating group) is 1. The van der Waals surface area contributed by atoms with E-state index < -0.39 is 31.4 Å². The first kappa shape index (κ1) is 42.0. The van der Waals surface area contributed by atoms with Crippen molar-refractivity contribution in [1.29, 1.82) is 0 Å². The molecule has 0 radical (unpaired) electrons. The minimum absolute atomic E-state index is 0.0555. The van der Waals surface area contributed by atoms with Gasteiger partial charge in [-0.25, -0.2) is 18.1 Å². The summed E-state index contributed by atoms with van der Waals surface area (Å²) in [7, 11) is -2.35. The molecule has 3 N–H and O–H groups in total.